The molecule has 31 heavy (non-hydrogen) atoms. The molecule has 0 saturated carbocycles. The van der Waals surface area contributed by atoms with Crippen molar-refractivity contribution in [2.75, 3.05) is 52.4 Å². The number of carbonyl (C=O) groups is 2. The molecule has 0 spiro atoms. The largest absolute Gasteiger partial charge is 0.348 e. The van der Waals surface area contributed by atoms with Gasteiger partial charge in [-0.1, -0.05) is 45.0 Å². The summed E-state index contributed by atoms with van der Waals surface area (Å²) in [4.78, 5) is 31.7. The number of benzene rings is 1. The van der Waals surface area contributed by atoms with Crippen LogP contribution in [0.4, 0.5) is 0 Å². The van der Waals surface area contributed by atoms with E-state index in [1.54, 1.807) is 0 Å². The van der Waals surface area contributed by atoms with E-state index in [9.17, 15) is 9.59 Å². The molecule has 0 aromatic heterocycles. The number of piperidine rings is 1. The zero-order chi connectivity index (χ0) is 22.4. The van der Waals surface area contributed by atoms with Crippen molar-refractivity contribution < 1.29 is 9.59 Å². The summed E-state index contributed by atoms with van der Waals surface area (Å²) < 4.78 is 0. The standard InChI is InChI=1S/C25H40N4O2/c1-5-22-6-8-23(9-7-22)21(4)26-24(30)17-27-10-12-28(13-11-27)18-25(31)29-15-19(2)14-20(3)16-29/h6-9,19-21H,5,10-18H2,1-4H3,(H,26,30)/t19-,20-,21-/m0/s1. The highest BCUT2D eigenvalue weighted by atomic mass is 16.2. The molecule has 2 aliphatic heterocycles. The number of likely N-dealkylation sites (tertiary alicyclic amines) is 1. The van der Waals surface area contributed by atoms with Crippen LogP contribution in [0.25, 0.3) is 0 Å². The van der Waals surface area contributed by atoms with Crippen LogP contribution in [0.15, 0.2) is 24.3 Å². The summed E-state index contributed by atoms with van der Waals surface area (Å²) >= 11 is 0. The van der Waals surface area contributed by atoms with Crippen molar-refractivity contribution in [1.29, 1.82) is 0 Å². The van der Waals surface area contributed by atoms with Gasteiger partial charge in [-0.25, -0.2) is 0 Å². The maximum atomic E-state index is 12.7. The molecule has 172 valence electrons. The second-order valence-electron chi connectivity index (χ2n) is 9.68. The highest BCUT2D eigenvalue weighted by Gasteiger charge is 2.27. The Morgan fingerprint density at radius 1 is 0.968 bits per heavy atom. The van der Waals surface area contributed by atoms with Crippen LogP contribution in [0, 0.1) is 11.8 Å². The second kappa shape index (κ2) is 11.1. The van der Waals surface area contributed by atoms with E-state index in [0.717, 1.165) is 51.3 Å². The summed E-state index contributed by atoms with van der Waals surface area (Å²) in [6, 6.07) is 8.46. The molecule has 1 aromatic carbocycles. The number of nitrogens with zero attached hydrogens (tertiary/aromatic N) is 3. The van der Waals surface area contributed by atoms with Crippen molar-refractivity contribution in [2.45, 2.75) is 46.6 Å². The fourth-order valence-electron chi connectivity index (χ4n) is 4.88. The van der Waals surface area contributed by atoms with Crippen LogP contribution in [0.1, 0.15) is 51.3 Å². The van der Waals surface area contributed by atoms with Crippen LogP contribution in [0.5, 0.6) is 0 Å². The Labute approximate surface area is 188 Å². The lowest BCUT2D eigenvalue weighted by Crippen LogP contribution is -2.53. The van der Waals surface area contributed by atoms with Crippen molar-refractivity contribution >= 4 is 11.8 Å². The Kier molecular flexibility index (Phi) is 8.50. The first-order valence-electron chi connectivity index (χ1n) is 11.9. The molecule has 6 heteroatoms. The average Bonchev–Trinajstić information content (AvgIpc) is 2.74. The van der Waals surface area contributed by atoms with Crippen LogP contribution in [0.2, 0.25) is 0 Å². The summed E-state index contributed by atoms with van der Waals surface area (Å²) in [5, 5.41) is 3.12. The molecule has 3 rings (SSSR count). The summed E-state index contributed by atoms with van der Waals surface area (Å²) in [5.74, 6) is 1.51. The lowest BCUT2D eigenvalue weighted by molar-refractivity contribution is -0.135. The van der Waals surface area contributed by atoms with Crippen molar-refractivity contribution in [3.8, 4) is 0 Å². The van der Waals surface area contributed by atoms with Gasteiger partial charge in [0.2, 0.25) is 11.8 Å². The van der Waals surface area contributed by atoms with Crippen molar-refractivity contribution in [1.82, 2.24) is 20.0 Å². The first-order chi connectivity index (χ1) is 14.8. The predicted molar refractivity (Wildman–Crippen MR) is 125 cm³/mol. The van der Waals surface area contributed by atoms with Gasteiger partial charge in [-0.2, -0.15) is 0 Å². The van der Waals surface area contributed by atoms with E-state index in [1.165, 1.54) is 12.0 Å². The van der Waals surface area contributed by atoms with Crippen LogP contribution in [-0.2, 0) is 16.0 Å². The lowest BCUT2D eigenvalue weighted by atomic mass is 9.92. The summed E-state index contributed by atoms with van der Waals surface area (Å²) in [5.41, 5.74) is 2.44. The number of nitrogens with one attached hydrogen (secondary N) is 1. The fraction of sp³-hybridized carbons (Fsp3) is 0.680. The van der Waals surface area contributed by atoms with E-state index in [2.05, 4.69) is 60.2 Å². The van der Waals surface area contributed by atoms with E-state index in [4.69, 9.17) is 0 Å². The topological polar surface area (TPSA) is 55.9 Å². The zero-order valence-corrected chi connectivity index (χ0v) is 19.8. The van der Waals surface area contributed by atoms with E-state index >= 15 is 0 Å². The molecule has 1 N–H and O–H groups in total. The van der Waals surface area contributed by atoms with Gasteiger partial charge in [0.25, 0.3) is 0 Å². The minimum Gasteiger partial charge on any atom is -0.348 e. The van der Waals surface area contributed by atoms with Gasteiger partial charge in [0, 0.05) is 39.3 Å². The molecule has 2 saturated heterocycles. The predicted octanol–water partition coefficient (Wildman–Crippen LogP) is 2.55. The van der Waals surface area contributed by atoms with Crippen LogP contribution < -0.4 is 5.32 Å². The molecule has 0 aliphatic carbocycles. The number of piperazine rings is 1. The fourth-order valence-corrected chi connectivity index (χ4v) is 4.88. The molecule has 2 heterocycles. The molecule has 1 aromatic rings. The minimum absolute atomic E-state index is 0.00615. The minimum atomic E-state index is 0.00615. The normalized spacial score (nSPS) is 24.1. The summed E-state index contributed by atoms with van der Waals surface area (Å²) in [6.07, 6.45) is 2.24. The second-order valence-corrected chi connectivity index (χ2v) is 9.68. The van der Waals surface area contributed by atoms with Gasteiger partial charge in [0.15, 0.2) is 0 Å². The highest BCUT2D eigenvalue weighted by molar-refractivity contribution is 5.79. The van der Waals surface area contributed by atoms with E-state index < -0.39 is 0 Å². The highest BCUT2D eigenvalue weighted by Crippen LogP contribution is 2.21. The first kappa shape index (κ1) is 23.7. The van der Waals surface area contributed by atoms with Crippen LogP contribution >= 0.6 is 0 Å². The van der Waals surface area contributed by atoms with E-state index in [0.29, 0.717) is 24.9 Å². The Morgan fingerprint density at radius 3 is 2.06 bits per heavy atom. The first-order valence-corrected chi connectivity index (χ1v) is 11.9. The Balaban J connectivity index is 1.38. The number of hydrogen-bond donors (Lipinski definition) is 1. The molecular formula is C25H40N4O2. The number of hydrogen-bond acceptors (Lipinski definition) is 4. The smallest absolute Gasteiger partial charge is 0.236 e. The number of rotatable bonds is 7. The maximum absolute atomic E-state index is 12.7. The van der Waals surface area contributed by atoms with Gasteiger partial charge in [0.1, 0.15) is 0 Å². The average molecular weight is 429 g/mol. The lowest BCUT2D eigenvalue weighted by Gasteiger charge is -2.38. The zero-order valence-electron chi connectivity index (χ0n) is 19.8. The summed E-state index contributed by atoms with van der Waals surface area (Å²) in [7, 11) is 0. The number of aryl methyl sites for hydroxylation is 1. The van der Waals surface area contributed by atoms with Crippen molar-refractivity contribution in [3.05, 3.63) is 35.4 Å². The molecule has 3 atom stereocenters. The Morgan fingerprint density at radius 2 is 1.52 bits per heavy atom. The van der Waals surface area contributed by atoms with E-state index in [-0.39, 0.29) is 17.9 Å². The maximum Gasteiger partial charge on any atom is 0.236 e. The molecule has 0 radical (unpaired) electrons. The molecule has 6 nitrogen and oxygen atoms in total. The monoisotopic (exact) mass is 428 g/mol. The van der Waals surface area contributed by atoms with Gasteiger partial charge in [-0.05, 0) is 42.7 Å². The Hall–Kier alpha value is -1.92. The SMILES string of the molecule is CCc1ccc([C@H](C)NC(=O)CN2CCN(CC(=O)N3C[C@@H](C)C[C@H](C)C3)CC2)cc1. The molecule has 2 aliphatic rings. The van der Waals surface area contributed by atoms with Gasteiger partial charge < -0.3 is 10.2 Å². The molecule has 0 bridgehead atoms. The van der Waals surface area contributed by atoms with Gasteiger partial charge >= 0.3 is 0 Å². The molecule has 2 fully saturated rings. The van der Waals surface area contributed by atoms with E-state index in [1.807, 2.05) is 11.8 Å². The van der Waals surface area contributed by atoms with Crippen LogP contribution in [-0.4, -0.2) is 78.9 Å². The van der Waals surface area contributed by atoms with Crippen molar-refractivity contribution in [3.63, 3.8) is 0 Å². The summed E-state index contributed by atoms with van der Waals surface area (Å²) in [6.45, 7) is 14.7. The molecule has 2 amide bonds. The third-order valence-electron chi connectivity index (χ3n) is 6.68. The molecule has 0 unspecified atom stereocenters. The third-order valence-corrected chi connectivity index (χ3v) is 6.68. The quantitative estimate of drug-likeness (QED) is 0.725. The van der Waals surface area contributed by atoms with Gasteiger partial charge in [-0.3, -0.25) is 19.4 Å². The van der Waals surface area contributed by atoms with Crippen LogP contribution in [0.3, 0.4) is 0 Å². The third kappa shape index (κ3) is 7.04. The number of carbonyl (C=O) groups excluding carboxylic acids is 2. The Bertz CT molecular complexity index is 718. The van der Waals surface area contributed by atoms with Gasteiger partial charge in [0.05, 0.1) is 19.1 Å². The molecular weight excluding hydrogens is 388 g/mol. The number of amides is 2. The van der Waals surface area contributed by atoms with Gasteiger partial charge in [-0.15, -0.1) is 0 Å². The van der Waals surface area contributed by atoms with Crippen molar-refractivity contribution in [2.24, 2.45) is 11.8 Å².